The summed E-state index contributed by atoms with van der Waals surface area (Å²) >= 11 is 4.92. The standard InChI is InChI=1S/C20H16BrN3O4S/c21-16-3-1-2-14(10-16)12-29-13-20(25)23-22-11-18-8-9-19(28-18)15-4-6-17(7-5-15)24(26)27/h1-11H,12-13H2,(H,23,25). The summed E-state index contributed by atoms with van der Waals surface area (Å²) in [6.45, 7) is 0. The Balaban J connectivity index is 1.46. The third kappa shape index (κ3) is 6.30. The molecule has 3 aromatic rings. The summed E-state index contributed by atoms with van der Waals surface area (Å²) in [5.74, 6) is 1.82. The van der Waals surface area contributed by atoms with Crippen molar-refractivity contribution < 1.29 is 14.1 Å². The van der Waals surface area contributed by atoms with Crippen molar-refractivity contribution in [2.24, 2.45) is 5.10 Å². The van der Waals surface area contributed by atoms with Crippen LogP contribution in [0.25, 0.3) is 11.3 Å². The lowest BCUT2D eigenvalue weighted by atomic mass is 10.1. The van der Waals surface area contributed by atoms with Gasteiger partial charge in [-0.1, -0.05) is 28.1 Å². The molecule has 0 aliphatic heterocycles. The maximum atomic E-state index is 11.9. The number of rotatable bonds is 8. The highest BCUT2D eigenvalue weighted by molar-refractivity contribution is 9.10. The van der Waals surface area contributed by atoms with Crippen LogP contribution in [0, 0.1) is 10.1 Å². The first-order chi connectivity index (χ1) is 14.0. The molecule has 0 fully saturated rings. The van der Waals surface area contributed by atoms with Gasteiger partial charge in [-0.2, -0.15) is 5.10 Å². The number of nitrogens with zero attached hydrogens (tertiary/aromatic N) is 2. The highest BCUT2D eigenvalue weighted by atomic mass is 79.9. The summed E-state index contributed by atoms with van der Waals surface area (Å²) in [5, 5.41) is 14.6. The normalized spacial score (nSPS) is 10.9. The molecule has 0 aliphatic rings. The number of benzene rings is 2. The molecule has 7 nitrogen and oxygen atoms in total. The minimum Gasteiger partial charge on any atom is -0.455 e. The predicted octanol–water partition coefficient (Wildman–Crippen LogP) is 5.00. The highest BCUT2D eigenvalue weighted by Gasteiger charge is 2.08. The summed E-state index contributed by atoms with van der Waals surface area (Å²) in [6.07, 6.45) is 1.41. The van der Waals surface area contributed by atoms with Crippen LogP contribution in [0.3, 0.4) is 0 Å². The number of carbonyl (C=O) groups is 1. The van der Waals surface area contributed by atoms with Crippen LogP contribution in [0.5, 0.6) is 0 Å². The molecule has 0 bridgehead atoms. The second kappa shape index (κ2) is 10.0. The maximum absolute atomic E-state index is 11.9. The summed E-state index contributed by atoms with van der Waals surface area (Å²) < 4.78 is 6.63. The van der Waals surface area contributed by atoms with Crippen molar-refractivity contribution in [3.63, 3.8) is 0 Å². The number of thioether (sulfide) groups is 1. The summed E-state index contributed by atoms with van der Waals surface area (Å²) in [4.78, 5) is 22.1. The van der Waals surface area contributed by atoms with Gasteiger partial charge in [-0.05, 0) is 42.0 Å². The van der Waals surface area contributed by atoms with Crippen molar-refractivity contribution in [1.82, 2.24) is 5.43 Å². The van der Waals surface area contributed by atoms with Gasteiger partial charge in [0.15, 0.2) is 0 Å². The number of nitro benzene ring substituents is 1. The molecule has 0 unspecified atom stereocenters. The van der Waals surface area contributed by atoms with Gasteiger partial charge >= 0.3 is 0 Å². The van der Waals surface area contributed by atoms with Crippen LogP contribution < -0.4 is 5.43 Å². The number of hydrazone groups is 1. The first kappa shape index (κ1) is 20.8. The molecule has 0 aliphatic carbocycles. The molecule has 0 radical (unpaired) electrons. The molecule has 0 spiro atoms. The minimum absolute atomic E-state index is 0.0163. The number of nitrogens with one attached hydrogen (secondary N) is 1. The van der Waals surface area contributed by atoms with Crippen molar-refractivity contribution in [3.8, 4) is 11.3 Å². The average Bonchev–Trinajstić information content (AvgIpc) is 3.17. The number of furan rings is 1. The lowest BCUT2D eigenvalue weighted by Gasteiger charge is -2.02. The Morgan fingerprint density at radius 2 is 2.00 bits per heavy atom. The van der Waals surface area contributed by atoms with E-state index < -0.39 is 4.92 Å². The fourth-order valence-corrected chi connectivity index (χ4v) is 3.63. The SMILES string of the molecule is O=C(CSCc1cccc(Br)c1)NN=Cc1ccc(-c2ccc([N+](=O)[O-])cc2)o1. The zero-order chi connectivity index (χ0) is 20.6. The topological polar surface area (TPSA) is 97.7 Å². The third-order valence-electron chi connectivity index (χ3n) is 3.76. The zero-order valence-corrected chi connectivity index (χ0v) is 17.5. The number of nitro groups is 1. The molecule has 3 rings (SSSR count). The lowest BCUT2D eigenvalue weighted by molar-refractivity contribution is -0.384. The number of hydrogen-bond donors (Lipinski definition) is 1. The van der Waals surface area contributed by atoms with Crippen molar-refractivity contribution in [2.75, 3.05) is 5.75 Å². The van der Waals surface area contributed by atoms with Gasteiger partial charge in [-0.3, -0.25) is 14.9 Å². The van der Waals surface area contributed by atoms with Gasteiger partial charge in [-0.15, -0.1) is 11.8 Å². The van der Waals surface area contributed by atoms with Crippen LogP contribution in [-0.2, 0) is 10.5 Å². The molecule has 1 heterocycles. The molecule has 2 aromatic carbocycles. The Hall–Kier alpha value is -2.91. The molecule has 0 saturated carbocycles. The van der Waals surface area contributed by atoms with Crippen LogP contribution in [0.2, 0.25) is 0 Å². The molecule has 29 heavy (non-hydrogen) atoms. The van der Waals surface area contributed by atoms with Crippen LogP contribution in [0.15, 0.2) is 74.7 Å². The Labute approximate surface area is 179 Å². The van der Waals surface area contributed by atoms with Crippen molar-refractivity contribution >= 4 is 45.5 Å². The Morgan fingerprint density at radius 1 is 1.21 bits per heavy atom. The fourth-order valence-electron chi connectivity index (χ4n) is 2.41. The number of non-ortho nitro benzene ring substituents is 1. The summed E-state index contributed by atoms with van der Waals surface area (Å²) in [7, 11) is 0. The molecule has 0 atom stereocenters. The van der Waals surface area contributed by atoms with E-state index in [9.17, 15) is 14.9 Å². The second-order valence-electron chi connectivity index (χ2n) is 5.92. The molecular weight excluding hydrogens is 458 g/mol. The van der Waals surface area contributed by atoms with E-state index in [1.807, 2.05) is 24.3 Å². The minimum atomic E-state index is -0.455. The van der Waals surface area contributed by atoms with E-state index in [1.165, 1.54) is 30.1 Å². The van der Waals surface area contributed by atoms with Gasteiger partial charge in [0.2, 0.25) is 5.91 Å². The van der Waals surface area contributed by atoms with E-state index in [4.69, 9.17) is 4.42 Å². The Morgan fingerprint density at radius 3 is 2.72 bits per heavy atom. The number of halogens is 1. The van der Waals surface area contributed by atoms with Gasteiger partial charge in [-0.25, -0.2) is 5.43 Å². The number of carbonyl (C=O) groups excluding carboxylic acids is 1. The van der Waals surface area contributed by atoms with E-state index in [0.29, 0.717) is 17.1 Å². The van der Waals surface area contributed by atoms with Crippen LogP contribution in [0.4, 0.5) is 5.69 Å². The molecule has 1 N–H and O–H groups in total. The quantitative estimate of drug-likeness (QED) is 0.282. The van der Waals surface area contributed by atoms with Crippen LogP contribution >= 0.6 is 27.7 Å². The molecule has 1 amide bonds. The van der Waals surface area contributed by atoms with Gasteiger partial charge in [0.25, 0.3) is 5.69 Å². The maximum Gasteiger partial charge on any atom is 0.269 e. The van der Waals surface area contributed by atoms with Crippen molar-refractivity contribution in [1.29, 1.82) is 0 Å². The third-order valence-corrected chi connectivity index (χ3v) is 5.26. The van der Waals surface area contributed by atoms with Crippen LogP contribution in [0.1, 0.15) is 11.3 Å². The molecule has 1 aromatic heterocycles. The Kier molecular flexibility index (Phi) is 7.20. The first-order valence-electron chi connectivity index (χ1n) is 8.50. The van der Waals surface area contributed by atoms with Gasteiger partial charge in [0, 0.05) is 27.9 Å². The van der Waals surface area contributed by atoms with E-state index in [-0.39, 0.29) is 17.3 Å². The summed E-state index contributed by atoms with van der Waals surface area (Å²) in [5.41, 5.74) is 4.33. The van der Waals surface area contributed by atoms with Gasteiger partial charge in [0.1, 0.15) is 11.5 Å². The smallest absolute Gasteiger partial charge is 0.269 e. The number of amides is 1. The molecular formula is C20H16BrN3O4S. The van der Waals surface area contributed by atoms with E-state index in [1.54, 1.807) is 24.3 Å². The lowest BCUT2D eigenvalue weighted by Crippen LogP contribution is -2.19. The molecule has 0 saturated heterocycles. The van der Waals surface area contributed by atoms with Gasteiger partial charge in [0.05, 0.1) is 16.9 Å². The van der Waals surface area contributed by atoms with E-state index in [2.05, 4.69) is 26.5 Å². The predicted molar refractivity (Wildman–Crippen MR) is 117 cm³/mol. The Bertz CT molecular complexity index is 1030. The number of hydrogen-bond acceptors (Lipinski definition) is 6. The first-order valence-corrected chi connectivity index (χ1v) is 10.4. The fraction of sp³-hybridized carbons (Fsp3) is 0.100. The second-order valence-corrected chi connectivity index (χ2v) is 7.82. The van der Waals surface area contributed by atoms with Crippen molar-refractivity contribution in [2.45, 2.75) is 5.75 Å². The summed E-state index contributed by atoms with van der Waals surface area (Å²) in [6, 6.07) is 17.4. The largest absolute Gasteiger partial charge is 0.455 e. The van der Waals surface area contributed by atoms with Crippen molar-refractivity contribution in [3.05, 3.63) is 86.6 Å². The van der Waals surface area contributed by atoms with E-state index in [0.717, 1.165) is 15.8 Å². The monoisotopic (exact) mass is 473 g/mol. The molecule has 148 valence electrons. The zero-order valence-electron chi connectivity index (χ0n) is 15.1. The van der Waals surface area contributed by atoms with E-state index >= 15 is 0 Å². The average molecular weight is 474 g/mol. The highest BCUT2D eigenvalue weighted by Crippen LogP contribution is 2.24. The van der Waals surface area contributed by atoms with Gasteiger partial charge < -0.3 is 4.42 Å². The molecule has 9 heteroatoms. The van der Waals surface area contributed by atoms with Crippen LogP contribution in [-0.4, -0.2) is 22.8 Å².